The normalized spacial score (nSPS) is 12.4. The van der Waals surface area contributed by atoms with Crippen LogP contribution in [0.3, 0.4) is 0 Å². The number of aryl methyl sites for hydroxylation is 2. The molecule has 0 spiro atoms. The van der Waals surface area contributed by atoms with Crippen LogP contribution in [0, 0.1) is 31.9 Å². The molecule has 0 aliphatic heterocycles. The van der Waals surface area contributed by atoms with E-state index in [2.05, 4.69) is 180 Å². The van der Waals surface area contributed by atoms with Gasteiger partial charge >= 0.3 is 126 Å². The van der Waals surface area contributed by atoms with E-state index >= 15 is 0 Å². The summed E-state index contributed by atoms with van der Waals surface area (Å²) in [6.07, 6.45) is 3.97. The van der Waals surface area contributed by atoms with E-state index in [0.29, 0.717) is 11.8 Å². The van der Waals surface area contributed by atoms with Crippen molar-refractivity contribution in [3.05, 3.63) is 138 Å². The van der Waals surface area contributed by atoms with Gasteiger partial charge in [-0.15, -0.1) is 23.8 Å². The first-order chi connectivity index (χ1) is 24.6. The number of nitrogens with zero attached hydrogens (tertiary/aromatic N) is 2. The Kier molecular flexibility index (Phi) is 12.4. The minimum absolute atomic E-state index is 0. The Bertz CT molecular complexity index is 2320. The van der Waals surface area contributed by atoms with Crippen LogP contribution in [0.4, 0.5) is 0 Å². The Morgan fingerprint density at radius 3 is 2.04 bits per heavy atom. The number of aromatic nitrogens is 2. The molecular formula is C48H52GeIrN2O-2. The maximum absolute atomic E-state index is 6.21. The van der Waals surface area contributed by atoms with E-state index in [1.165, 1.54) is 37.8 Å². The van der Waals surface area contributed by atoms with Crippen molar-refractivity contribution in [2.45, 2.75) is 84.0 Å². The molecule has 7 rings (SSSR count). The smallest absolute Gasteiger partial charge is 0.121 e. The minimum Gasteiger partial charge on any atom is -0.500 e. The molecular weight excluding hydrogens is 885 g/mol. The van der Waals surface area contributed by atoms with E-state index < -0.39 is 13.3 Å². The Morgan fingerprint density at radius 2 is 1.40 bits per heavy atom. The van der Waals surface area contributed by atoms with Crippen LogP contribution in [-0.4, -0.2) is 23.2 Å². The van der Waals surface area contributed by atoms with Gasteiger partial charge in [0.25, 0.3) is 0 Å². The van der Waals surface area contributed by atoms with Crippen LogP contribution < -0.4 is 4.40 Å². The summed E-state index contributed by atoms with van der Waals surface area (Å²) in [6.45, 7) is 17.8. The monoisotopic (exact) mass is 939 g/mol. The Morgan fingerprint density at radius 1 is 0.679 bits per heavy atom. The quantitative estimate of drug-likeness (QED) is 0.123. The van der Waals surface area contributed by atoms with Crippen LogP contribution in [0.1, 0.15) is 69.7 Å². The summed E-state index contributed by atoms with van der Waals surface area (Å²) < 4.78 is 7.65. The molecule has 4 aromatic carbocycles. The van der Waals surface area contributed by atoms with Crippen molar-refractivity contribution in [1.29, 1.82) is 0 Å². The van der Waals surface area contributed by atoms with Crippen molar-refractivity contribution in [1.82, 2.24) is 9.97 Å². The van der Waals surface area contributed by atoms with Gasteiger partial charge in [0.15, 0.2) is 0 Å². The summed E-state index contributed by atoms with van der Waals surface area (Å²) in [5.74, 6) is 8.24. The number of fused-ring (bicyclic) bond motifs is 3. The molecule has 1 unspecified atom stereocenters. The number of hydrogen-bond donors (Lipinski definition) is 0. The van der Waals surface area contributed by atoms with Crippen molar-refractivity contribution in [3.63, 3.8) is 0 Å². The van der Waals surface area contributed by atoms with E-state index in [1.807, 2.05) is 18.3 Å². The molecule has 0 N–H and O–H groups in total. The Labute approximate surface area is 333 Å². The first-order valence-electron chi connectivity index (χ1n) is 18.5. The average molecular weight is 938 g/mol. The van der Waals surface area contributed by atoms with Crippen LogP contribution in [0.25, 0.3) is 55.6 Å². The van der Waals surface area contributed by atoms with Gasteiger partial charge in [-0.05, 0) is 54.6 Å². The molecule has 53 heavy (non-hydrogen) atoms. The molecule has 3 heterocycles. The van der Waals surface area contributed by atoms with Crippen molar-refractivity contribution >= 4 is 39.6 Å². The van der Waals surface area contributed by atoms with Crippen molar-refractivity contribution in [3.8, 4) is 33.6 Å². The van der Waals surface area contributed by atoms with Crippen LogP contribution in [0.15, 0.2) is 108 Å². The van der Waals surface area contributed by atoms with Gasteiger partial charge in [-0.25, -0.2) is 0 Å². The van der Waals surface area contributed by atoms with Gasteiger partial charge < -0.3 is 9.40 Å². The minimum atomic E-state index is -1.76. The predicted molar refractivity (Wildman–Crippen MR) is 224 cm³/mol. The molecule has 0 aliphatic rings. The Balaban J connectivity index is 0.000000223. The molecule has 0 fully saturated rings. The third-order valence-corrected chi connectivity index (χ3v) is 14.4. The fourth-order valence-electron chi connectivity index (χ4n) is 6.53. The summed E-state index contributed by atoms with van der Waals surface area (Å²) >= 11 is -1.76. The summed E-state index contributed by atoms with van der Waals surface area (Å²) in [7, 11) is 0. The average Bonchev–Trinajstić information content (AvgIpc) is 3.48. The standard InChI is InChI=1S/C30H28NO.C18H24GeN.Ir/c1-18(2)21(5)22-10-11-31-28(16-22)24-7-9-29-27(15-24)26-8-6-23(17-30(26)32-29)25-13-19(3)12-20(4)14-25;1-18(2,3)15-9-7-8-14(12-15)17-11-10-16(13-20-17)19(4,5)6;/h6,8-18,21H,1-5H3;7,9-13H,1-6H3;/q2*-1;. The first kappa shape index (κ1) is 40.4. The fraction of sp³-hybridized carbons (Fsp3) is 0.292. The van der Waals surface area contributed by atoms with E-state index in [4.69, 9.17) is 4.42 Å². The largest absolute Gasteiger partial charge is 0.500 e. The van der Waals surface area contributed by atoms with Gasteiger partial charge in [-0.1, -0.05) is 79.2 Å². The van der Waals surface area contributed by atoms with Gasteiger partial charge in [0, 0.05) is 31.7 Å². The predicted octanol–water partition coefficient (Wildman–Crippen LogP) is 12.9. The molecule has 3 aromatic heterocycles. The molecule has 5 heteroatoms. The zero-order valence-electron chi connectivity index (χ0n) is 33.1. The van der Waals surface area contributed by atoms with Crippen molar-refractivity contribution < 1.29 is 24.5 Å². The van der Waals surface area contributed by atoms with Crippen LogP contribution in [0.5, 0.6) is 0 Å². The molecule has 7 aromatic rings. The van der Waals surface area contributed by atoms with E-state index in [0.717, 1.165) is 44.5 Å². The van der Waals surface area contributed by atoms with E-state index in [1.54, 1.807) is 0 Å². The third-order valence-electron chi connectivity index (χ3n) is 10.1. The molecule has 0 bridgehead atoms. The SMILES string of the molecule is CC(C)(C)c1cc[c-]c(-c2cc[c]([Ge]([CH3])([CH3])[CH3])cn2)c1.Cc1cc(C)cc(-c2ccc3c(c2)oc2c[c-]c(-c4cc(C(C)C(C)C)ccn4)cc23)c1.[Ir]. The van der Waals surface area contributed by atoms with Crippen molar-refractivity contribution in [2.75, 3.05) is 0 Å². The number of furan rings is 1. The maximum atomic E-state index is 6.21. The fourth-order valence-corrected chi connectivity index (χ4v) is 8.70. The molecule has 1 radical (unpaired) electrons. The zero-order chi connectivity index (χ0) is 37.4. The van der Waals surface area contributed by atoms with Crippen LogP contribution in [-0.2, 0) is 25.5 Å². The van der Waals surface area contributed by atoms with Gasteiger partial charge in [-0.2, -0.15) is 0 Å². The summed E-state index contributed by atoms with van der Waals surface area (Å²) in [6, 6.07) is 39.0. The molecule has 1 atom stereocenters. The number of rotatable bonds is 6. The second kappa shape index (κ2) is 16.3. The third kappa shape index (κ3) is 9.46. The molecule has 0 aliphatic carbocycles. The molecule has 275 valence electrons. The van der Waals surface area contributed by atoms with E-state index in [-0.39, 0.29) is 25.5 Å². The van der Waals surface area contributed by atoms with E-state index in [9.17, 15) is 0 Å². The first-order valence-corrected chi connectivity index (χ1v) is 25.8. The number of hydrogen-bond acceptors (Lipinski definition) is 3. The summed E-state index contributed by atoms with van der Waals surface area (Å²) in [4.78, 5) is 9.29. The van der Waals surface area contributed by atoms with Gasteiger partial charge in [0.05, 0.1) is 5.58 Å². The summed E-state index contributed by atoms with van der Waals surface area (Å²) in [5, 5.41) is 2.22. The zero-order valence-corrected chi connectivity index (χ0v) is 37.6. The van der Waals surface area contributed by atoms with Gasteiger partial charge in [0.1, 0.15) is 5.58 Å². The van der Waals surface area contributed by atoms with Gasteiger partial charge in [0.2, 0.25) is 0 Å². The second-order valence-electron chi connectivity index (χ2n) is 16.7. The van der Waals surface area contributed by atoms with Crippen LogP contribution >= 0.6 is 0 Å². The molecule has 0 amide bonds. The van der Waals surface area contributed by atoms with Crippen LogP contribution in [0.2, 0.25) is 17.3 Å². The Hall–Kier alpha value is -3.83. The van der Waals surface area contributed by atoms with Gasteiger partial charge in [-0.3, -0.25) is 0 Å². The van der Waals surface area contributed by atoms with Crippen molar-refractivity contribution in [2.24, 2.45) is 5.92 Å². The molecule has 0 saturated heterocycles. The number of benzene rings is 4. The molecule has 3 nitrogen and oxygen atoms in total. The summed E-state index contributed by atoms with van der Waals surface area (Å²) in [5.41, 5.74) is 13.5. The topological polar surface area (TPSA) is 38.9 Å². The maximum Gasteiger partial charge on any atom is 0.121 e. The molecule has 0 saturated carbocycles. The second-order valence-corrected chi connectivity index (χ2v) is 27.4. The number of pyridine rings is 2.